The summed E-state index contributed by atoms with van der Waals surface area (Å²) in [7, 11) is 0. The molecule has 2 atom stereocenters. The Hall–Kier alpha value is -2.53. The van der Waals surface area contributed by atoms with Gasteiger partial charge in [0.25, 0.3) is 0 Å². The second-order valence-corrected chi connectivity index (χ2v) is 5.45. The van der Waals surface area contributed by atoms with Crippen LogP contribution in [0.1, 0.15) is 28.9 Å². The number of carbonyl (C=O) groups is 2. The van der Waals surface area contributed by atoms with E-state index in [2.05, 4.69) is 0 Å². The standard InChI is InChI=1S/C17H12FNO3/c1-10(20)19-14-5-3-2-4-13(14)15(21)17(19)16(22-17)11-6-8-12(18)9-7-11/h2-9,16H,1H3/t16-,17-/m1/s1. The highest BCUT2D eigenvalue weighted by molar-refractivity contribution is 6.21. The van der Waals surface area contributed by atoms with E-state index in [1.54, 1.807) is 36.4 Å². The summed E-state index contributed by atoms with van der Waals surface area (Å²) in [6, 6.07) is 12.7. The maximum Gasteiger partial charge on any atom is 0.244 e. The molecule has 2 heterocycles. The van der Waals surface area contributed by atoms with E-state index in [4.69, 9.17) is 4.74 Å². The predicted octanol–water partition coefficient (Wildman–Crippen LogP) is 2.84. The van der Waals surface area contributed by atoms with E-state index in [0.29, 0.717) is 16.8 Å². The first-order valence-electron chi connectivity index (χ1n) is 6.93. The van der Waals surface area contributed by atoms with E-state index < -0.39 is 11.8 Å². The monoisotopic (exact) mass is 297 g/mol. The molecule has 0 N–H and O–H groups in total. The zero-order valence-electron chi connectivity index (χ0n) is 11.7. The minimum atomic E-state index is -1.31. The topological polar surface area (TPSA) is 49.9 Å². The molecule has 2 aliphatic rings. The molecule has 2 aromatic carbocycles. The van der Waals surface area contributed by atoms with Crippen LogP contribution in [-0.2, 0) is 9.53 Å². The number of benzene rings is 2. The van der Waals surface area contributed by atoms with Crippen molar-refractivity contribution in [2.45, 2.75) is 18.8 Å². The molecule has 22 heavy (non-hydrogen) atoms. The second kappa shape index (κ2) is 4.24. The molecular formula is C17H12FNO3. The lowest BCUT2D eigenvalue weighted by Crippen LogP contribution is -2.43. The molecule has 1 spiro atoms. The zero-order valence-corrected chi connectivity index (χ0v) is 11.7. The fourth-order valence-corrected chi connectivity index (χ4v) is 3.16. The third-order valence-corrected chi connectivity index (χ3v) is 4.13. The largest absolute Gasteiger partial charge is 0.332 e. The number of hydrogen-bond acceptors (Lipinski definition) is 3. The molecule has 1 fully saturated rings. The van der Waals surface area contributed by atoms with E-state index >= 15 is 0 Å². The number of nitrogens with zero attached hydrogens (tertiary/aromatic N) is 1. The first-order chi connectivity index (χ1) is 10.6. The van der Waals surface area contributed by atoms with Crippen LogP contribution in [0.25, 0.3) is 0 Å². The average molecular weight is 297 g/mol. The zero-order chi connectivity index (χ0) is 15.5. The fraction of sp³-hybridized carbons (Fsp3) is 0.176. The van der Waals surface area contributed by atoms with Gasteiger partial charge in [-0.2, -0.15) is 0 Å². The molecular weight excluding hydrogens is 285 g/mol. The smallest absolute Gasteiger partial charge is 0.244 e. The summed E-state index contributed by atoms with van der Waals surface area (Å²) < 4.78 is 18.8. The maximum atomic E-state index is 13.1. The van der Waals surface area contributed by atoms with Crippen molar-refractivity contribution < 1.29 is 18.7 Å². The number of amides is 1. The lowest BCUT2D eigenvalue weighted by Gasteiger charge is -2.20. The number of fused-ring (bicyclic) bond motifs is 1. The van der Waals surface area contributed by atoms with Gasteiger partial charge in [0.05, 0.1) is 5.69 Å². The van der Waals surface area contributed by atoms with E-state index in [-0.39, 0.29) is 17.5 Å². The molecule has 0 aliphatic carbocycles. The summed E-state index contributed by atoms with van der Waals surface area (Å²) in [4.78, 5) is 26.2. The van der Waals surface area contributed by atoms with Crippen LogP contribution in [0.4, 0.5) is 10.1 Å². The van der Waals surface area contributed by atoms with E-state index in [0.717, 1.165) is 0 Å². The Morgan fingerprint density at radius 3 is 2.55 bits per heavy atom. The van der Waals surface area contributed by atoms with Crippen LogP contribution >= 0.6 is 0 Å². The molecule has 2 aromatic rings. The van der Waals surface area contributed by atoms with Crippen molar-refractivity contribution in [2.24, 2.45) is 0 Å². The minimum absolute atomic E-state index is 0.229. The Morgan fingerprint density at radius 1 is 1.18 bits per heavy atom. The molecule has 0 aromatic heterocycles. The van der Waals surface area contributed by atoms with Crippen molar-refractivity contribution in [1.29, 1.82) is 0 Å². The van der Waals surface area contributed by atoms with Crippen molar-refractivity contribution in [3.05, 3.63) is 65.5 Å². The number of halogens is 1. The molecule has 5 heteroatoms. The molecule has 1 amide bonds. The number of carbonyl (C=O) groups excluding carboxylic acids is 2. The molecule has 0 bridgehead atoms. The summed E-state index contributed by atoms with van der Waals surface area (Å²) in [6.45, 7) is 1.40. The van der Waals surface area contributed by atoms with Crippen LogP contribution < -0.4 is 4.90 Å². The van der Waals surface area contributed by atoms with Crippen LogP contribution in [0.15, 0.2) is 48.5 Å². The van der Waals surface area contributed by atoms with Crippen LogP contribution in [0.5, 0.6) is 0 Å². The molecule has 4 rings (SSSR count). The van der Waals surface area contributed by atoms with Crippen LogP contribution in [0.2, 0.25) is 0 Å². The van der Waals surface area contributed by atoms with Gasteiger partial charge in [-0.25, -0.2) is 4.39 Å². The van der Waals surface area contributed by atoms with Gasteiger partial charge in [0.2, 0.25) is 17.4 Å². The van der Waals surface area contributed by atoms with Crippen molar-refractivity contribution in [1.82, 2.24) is 0 Å². The third-order valence-electron chi connectivity index (χ3n) is 4.13. The van der Waals surface area contributed by atoms with Gasteiger partial charge in [0.15, 0.2) is 0 Å². The number of ether oxygens (including phenoxy) is 1. The Labute approximate surface area is 126 Å². The second-order valence-electron chi connectivity index (χ2n) is 5.45. The normalized spacial score (nSPS) is 25.5. The molecule has 110 valence electrons. The van der Waals surface area contributed by atoms with Gasteiger partial charge in [-0.3, -0.25) is 14.5 Å². The number of Topliss-reactive ketones (excluding diaryl/α,β-unsaturated/α-hetero) is 1. The predicted molar refractivity (Wildman–Crippen MR) is 76.9 cm³/mol. The number of ketones is 1. The summed E-state index contributed by atoms with van der Waals surface area (Å²) in [6.07, 6.45) is -0.572. The van der Waals surface area contributed by atoms with Crippen molar-refractivity contribution in [2.75, 3.05) is 4.90 Å². The fourth-order valence-electron chi connectivity index (χ4n) is 3.16. The Balaban J connectivity index is 1.81. The average Bonchev–Trinajstić information content (AvgIpc) is 3.17. The Bertz CT molecular complexity index is 802. The summed E-state index contributed by atoms with van der Waals surface area (Å²) >= 11 is 0. The summed E-state index contributed by atoms with van der Waals surface area (Å²) in [5.74, 6) is -0.849. The van der Waals surface area contributed by atoms with Crippen LogP contribution in [0.3, 0.4) is 0 Å². The minimum Gasteiger partial charge on any atom is -0.332 e. The number of rotatable bonds is 1. The van der Waals surface area contributed by atoms with Crippen LogP contribution in [-0.4, -0.2) is 17.4 Å². The van der Waals surface area contributed by atoms with Gasteiger partial charge in [-0.1, -0.05) is 24.3 Å². The molecule has 1 saturated heterocycles. The molecule has 0 saturated carbocycles. The first-order valence-corrected chi connectivity index (χ1v) is 6.93. The first kappa shape index (κ1) is 13.2. The number of hydrogen-bond donors (Lipinski definition) is 0. The van der Waals surface area contributed by atoms with Gasteiger partial charge in [-0.05, 0) is 29.8 Å². The van der Waals surface area contributed by atoms with Gasteiger partial charge < -0.3 is 4.74 Å². The number of anilines is 1. The lowest BCUT2D eigenvalue weighted by atomic mass is 10.0. The summed E-state index contributed by atoms with van der Waals surface area (Å²) in [5, 5.41) is 0. The number of epoxide rings is 1. The highest BCUT2D eigenvalue weighted by atomic mass is 19.1. The quantitative estimate of drug-likeness (QED) is 0.761. The van der Waals surface area contributed by atoms with Gasteiger partial charge in [-0.15, -0.1) is 0 Å². The Morgan fingerprint density at radius 2 is 1.86 bits per heavy atom. The van der Waals surface area contributed by atoms with Crippen molar-refractivity contribution in [3.8, 4) is 0 Å². The van der Waals surface area contributed by atoms with E-state index in [1.807, 2.05) is 0 Å². The van der Waals surface area contributed by atoms with Gasteiger partial charge in [0.1, 0.15) is 11.9 Å². The van der Waals surface area contributed by atoms with Crippen molar-refractivity contribution >= 4 is 17.4 Å². The Kier molecular flexibility index (Phi) is 2.53. The van der Waals surface area contributed by atoms with Gasteiger partial charge in [0, 0.05) is 12.5 Å². The maximum absolute atomic E-state index is 13.1. The highest BCUT2D eigenvalue weighted by Gasteiger charge is 2.72. The SMILES string of the molecule is CC(=O)N1c2ccccc2C(=O)[C@]12O[C@@H]2c1ccc(F)cc1. The molecule has 0 radical (unpaired) electrons. The number of para-hydroxylation sites is 1. The molecule has 4 nitrogen and oxygen atoms in total. The lowest BCUT2D eigenvalue weighted by molar-refractivity contribution is -0.117. The van der Waals surface area contributed by atoms with E-state index in [1.165, 1.54) is 24.0 Å². The molecule has 2 aliphatic heterocycles. The molecule has 0 unspecified atom stereocenters. The van der Waals surface area contributed by atoms with E-state index in [9.17, 15) is 14.0 Å². The van der Waals surface area contributed by atoms with Crippen LogP contribution in [0, 0.1) is 5.82 Å². The van der Waals surface area contributed by atoms with Gasteiger partial charge >= 0.3 is 0 Å². The third kappa shape index (κ3) is 1.54. The highest BCUT2D eigenvalue weighted by Crippen LogP contribution is 2.59. The van der Waals surface area contributed by atoms with Crippen molar-refractivity contribution in [3.63, 3.8) is 0 Å². The summed E-state index contributed by atoms with van der Waals surface area (Å²) in [5.41, 5.74) is 0.397.